The number of aryl methyl sites for hydroxylation is 1. The first-order valence-corrected chi connectivity index (χ1v) is 12.1. The molecule has 3 aromatic rings. The van der Waals surface area contributed by atoms with Crippen LogP contribution in [0.15, 0.2) is 53.6 Å². The van der Waals surface area contributed by atoms with Crippen LogP contribution in [0.5, 0.6) is 11.5 Å². The number of nitrogens with zero attached hydrogens (tertiary/aromatic N) is 3. The molecule has 32 heavy (non-hydrogen) atoms. The van der Waals surface area contributed by atoms with E-state index in [0.717, 1.165) is 16.5 Å². The smallest absolute Gasteiger partial charge is 0.243 e. The summed E-state index contributed by atoms with van der Waals surface area (Å²) in [7, 11) is -1.70. The molecule has 1 amide bonds. The first-order valence-electron chi connectivity index (χ1n) is 10.6. The Kier molecular flexibility index (Phi) is 5.30. The summed E-state index contributed by atoms with van der Waals surface area (Å²) in [5.41, 5.74) is 2.07. The van der Waals surface area contributed by atoms with E-state index < -0.39 is 10.0 Å². The van der Waals surface area contributed by atoms with Crippen molar-refractivity contribution in [1.29, 1.82) is 0 Å². The quantitative estimate of drug-likeness (QED) is 0.601. The summed E-state index contributed by atoms with van der Waals surface area (Å²) in [4.78, 5) is 14.9. The Balaban J connectivity index is 1.26. The van der Waals surface area contributed by atoms with Gasteiger partial charge in [0.1, 0.15) is 13.2 Å². The SMILES string of the molecule is Cn1cc(CC(=O)N2CCN(S(=O)(=O)c3ccc4c(c3)OCCO4)CC2)c2ccccc21. The minimum Gasteiger partial charge on any atom is -0.486 e. The van der Waals surface area contributed by atoms with Crippen molar-refractivity contribution >= 4 is 26.8 Å². The van der Waals surface area contributed by atoms with Crippen molar-refractivity contribution in [2.45, 2.75) is 11.3 Å². The highest BCUT2D eigenvalue weighted by molar-refractivity contribution is 7.89. The van der Waals surface area contributed by atoms with Crippen LogP contribution in [-0.4, -0.2) is 67.5 Å². The second-order valence-electron chi connectivity index (χ2n) is 8.05. The summed E-state index contributed by atoms with van der Waals surface area (Å²) in [6.07, 6.45) is 2.29. The minimum absolute atomic E-state index is 0.0118. The third kappa shape index (κ3) is 3.71. The zero-order valence-electron chi connectivity index (χ0n) is 17.9. The Hall–Kier alpha value is -3.04. The molecule has 168 valence electrons. The second kappa shape index (κ2) is 8.14. The number of fused-ring (bicyclic) bond motifs is 2. The maximum atomic E-state index is 13.1. The normalized spacial score (nSPS) is 17.0. The van der Waals surface area contributed by atoms with Gasteiger partial charge in [-0.15, -0.1) is 0 Å². The fraction of sp³-hybridized carbons (Fsp3) is 0.348. The van der Waals surface area contributed by atoms with Crippen LogP contribution in [0.4, 0.5) is 0 Å². The fourth-order valence-electron chi connectivity index (χ4n) is 4.35. The molecule has 0 N–H and O–H groups in total. The number of amides is 1. The molecule has 0 spiro atoms. The highest BCUT2D eigenvalue weighted by Gasteiger charge is 2.31. The molecule has 2 aromatic carbocycles. The van der Waals surface area contributed by atoms with Gasteiger partial charge in [0.15, 0.2) is 11.5 Å². The van der Waals surface area contributed by atoms with Crippen LogP contribution < -0.4 is 9.47 Å². The number of rotatable bonds is 4. The molecule has 5 rings (SSSR count). The standard InChI is InChI=1S/C23H25N3O5S/c1-24-16-17(19-4-2-3-5-20(19)24)14-23(27)25-8-10-26(11-9-25)32(28,29)18-6-7-21-22(15-18)31-13-12-30-21/h2-7,15-16H,8-14H2,1H3. The number of benzene rings is 2. The fourth-order valence-corrected chi connectivity index (χ4v) is 5.79. The van der Waals surface area contributed by atoms with E-state index in [2.05, 4.69) is 0 Å². The number of piperazine rings is 1. The number of hydrogen-bond acceptors (Lipinski definition) is 5. The average molecular weight is 456 g/mol. The first kappa shape index (κ1) is 20.8. The number of para-hydroxylation sites is 1. The van der Waals surface area contributed by atoms with Crippen LogP contribution in [0.25, 0.3) is 10.9 Å². The minimum atomic E-state index is -3.67. The van der Waals surface area contributed by atoms with E-state index in [0.29, 0.717) is 44.2 Å². The second-order valence-corrected chi connectivity index (χ2v) is 9.99. The average Bonchev–Trinajstić information content (AvgIpc) is 3.14. The van der Waals surface area contributed by atoms with Gasteiger partial charge < -0.3 is 18.9 Å². The predicted octanol–water partition coefficient (Wildman–Crippen LogP) is 2.03. The highest BCUT2D eigenvalue weighted by atomic mass is 32.2. The van der Waals surface area contributed by atoms with Gasteiger partial charge >= 0.3 is 0 Å². The van der Waals surface area contributed by atoms with Crippen LogP contribution in [0.3, 0.4) is 0 Å². The molecule has 8 nitrogen and oxygen atoms in total. The molecule has 9 heteroatoms. The van der Waals surface area contributed by atoms with Gasteiger partial charge in [0.05, 0.1) is 11.3 Å². The summed E-state index contributed by atoms with van der Waals surface area (Å²) in [5.74, 6) is 1.01. The summed E-state index contributed by atoms with van der Waals surface area (Å²) in [5, 5.41) is 1.07. The molecule has 0 saturated carbocycles. The van der Waals surface area contributed by atoms with Crippen LogP contribution in [0.2, 0.25) is 0 Å². The molecule has 1 aromatic heterocycles. The van der Waals surface area contributed by atoms with E-state index in [1.54, 1.807) is 17.0 Å². The lowest BCUT2D eigenvalue weighted by Crippen LogP contribution is -2.50. The van der Waals surface area contributed by atoms with Crippen LogP contribution in [0, 0.1) is 0 Å². The van der Waals surface area contributed by atoms with Gasteiger partial charge in [-0.05, 0) is 23.8 Å². The lowest BCUT2D eigenvalue weighted by molar-refractivity contribution is -0.131. The van der Waals surface area contributed by atoms with E-state index >= 15 is 0 Å². The van der Waals surface area contributed by atoms with Gasteiger partial charge in [0, 0.05) is 56.4 Å². The maximum absolute atomic E-state index is 13.1. The summed E-state index contributed by atoms with van der Waals surface area (Å²) < 4.78 is 40.7. The monoisotopic (exact) mass is 455 g/mol. The Morgan fingerprint density at radius 2 is 1.69 bits per heavy atom. The lowest BCUT2D eigenvalue weighted by Gasteiger charge is -2.34. The number of sulfonamides is 1. The van der Waals surface area contributed by atoms with Gasteiger partial charge in [-0.2, -0.15) is 4.31 Å². The molecule has 1 saturated heterocycles. The van der Waals surface area contributed by atoms with E-state index in [9.17, 15) is 13.2 Å². The maximum Gasteiger partial charge on any atom is 0.243 e. The number of carbonyl (C=O) groups is 1. The van der Waals surface area contributed by atoms with Crippen molar-refractivity contribution in [2.24, 2.45) is 7.05 Å². The van der Waals surface area contributed by atoms with Crippen molar-refractivity contribution in [2.75, 3.05) is 39.4 Å². The van der Waals surface area contributed by atoms with Gasteiger partial charge in [-0.25, -0.2) is 8.42 Å². The molecule has 2 aliphatic heterocycles. The van der Waals surface area contributed by atoms with E-state index in [4.69, 9.17) is 9.47 Å². The third-order valence-electron chi connectivity index (χ3n) is 6.06. The molecule has 0 atom stereocenters. The molecule has 0 unspecified atom stereocenters. The van der Waals surface area contributed by atoms with Gasteiger partial charge in [0.2, 0.25) is 15.9 Å². The molecule has 0 radical (unpaired) electrons. The summed E-state index contributed by atoms with van der Waals surface area (Å²) in [6.45, 7) is 2.11. The Labute approximate surface area is 187 Å². The van der Waals surface area contributed by atoms with E-state index in [1.807, 2.05) is 42.1 Å². The highest BCUT2D eigenvalue weighted by Crippen LogP contribution is 2.33. The third-order valence-corrected chi connectivity index (χ3v) is 7.96. The zero-order chi connectivity index (χ0) is 22.3. The summed E-state index contributed by atoms with van der Waals surface area (Å²) >= 11 is 0. The van der Waals surface area contributed by atoms with Crippen molar-refractivity contribution in [3.8, 4) is 11.5 Å². The van der Waals surface area contributed by atoms with Crippen LogP contribution >= 0.6 is 0 Å². The van der Waals surface area contributed by atoms with E-state index in [-0.39, 0.29) is 23.9 Å². The van der Waals surface area contributed by atoms with Gasteiger partial charge in [0.25, 0.3) is 0 Å². The molecule has 0 aliphatic carbocycles. The predicted molar refractivity (Wildman–Crippen MR) is 119 cm³/mol. The Bertz CT molecular complexity index is 1280. The number of carbonyl (C=O) groups excluding carboxylic acids is 1. The first-order chi connectivity index (χ1) is 15.4. The molecule has 1 fully saturated rings. The Morgan fingerprint density at radius 1 is 0.969 bits per heavy atom. The van der Waals surface area contributed by atoms with Gasteiger partial charge in [-0.1, -0.05) is 18.2 Å². The van der Waals surface area contributed by atoms with Crippen LogP contribution in [-0.2, 0) is 28.3 Å². The van der Waals surface area contributed by atoms with Crippen molar-refractivity contribution < 1.29 is 22.7 Å². The summed E-state index contributed by atoms with van der Waals surface area (Å²) in [6, 6.07) is 12.7. The van der Waals surface area contributed by atoms with E-state index in [1.165, 1.54) is 10.4 Å². The topological polar surface area (TPSA) is 81.1 Å². The molecule has 3 heterocycles. The van der Waals surface area contributed by atoms with Crippen LogP contribution in [0.1, 0.15) is 5.56 Å². The number of hydrogen-bond donors (Lipinski definition) is 0. The van der Waals surface area contributed by atoms with Crippen molar-refractivity contribution in [3.63, 3.8) is 0 Å². The molecular weight excluding hydrogens is 430 g/mol. The van der Waals surface area contributed by atoms with Crippen molar-refractivity contribution in [3.05, 3.63) is 54.2 Å². The largest absolute Gasteiger partial charge is 0.486 e. The zero-order valence-corrected chi connectivity index (χ0v) is 18.7. The Morgan fingerprint density at radius 3 is 2.47 bits per heavy atom. The van der Waals surface area contributed by atoms with Gasteiger partial charge in [-0.3, -0.25) is 4.79 Å². The van der Waals surface area contributed by atoms with Crippen molar-refractivity contribution in [1.82, 2.24) is 13.8 Å². The lowest BCUT2D eigenvalue weighted by atomic mass is 10.1. The number of aromatic nitrogens is 1. The molecular formula is C23H25N3O5S. The number of ether oxygens (including phenoxy) is 2. The molecule has 0 bridgehead atoms. The molecule has 2 aliphatic rings.